The molecule has 1 heterocycles. The first kappa shape index (κ1) is 14.9. The molecule has 0 saturated carbocycles. The second-order valence-corrected chi connectivity index (χ2v) is 6.04. The van der Waals surface area contributed by atoms with E-state index in [2.05, 4.69) is 44.8 Å². The fourth-order valence-corrected chi connectivity index (χ4v) is 2.38. The monoisotopic (exact) mass is 242 g/mol. The van der Waals surface area contributed by atoms with Crippen LogP contribution in [0.2, 0.25) is 0 Å². The Kier molecular flexibility index (Phi) is 5.90. The Balaban J connectivity index is 2.23. The summed E-state index contributed by atoms with van der Waals surface area (Å²) < 4.78 is 6.05. The van der Waals surface area contributed by atoms with Gasteiger partial charge in [-0.25, -0.2) is 0 Å². The first-order valence-corrected chi connectivity index (χ1v) is 7.06. The van der Waals surface area contributed by atoms with E-state index in [1.165, 1.54) is 12.8 Å². The van der Waals surface area contributed by atoms with Crippen molar-refractivity contribution in [3.8, 4) is 0 Å². The number of ether oxygens (including phenoxy) is 1. The standard InChI is InChI=1S/C14H30N2O/c1-6-16(10-9-15-12(2)3)11-13-7-8-14(4,5)17-13/h12-13,15H,6-11H2,1-5H3. The van der Waals surface area contributed by atoms with Crippen molar-refractivity contribution in [1.82, 2.24) is 10.2 Å². The van der Waals surface area contributed by atoms with Crippen LogP contribution >= 0.6 is 0 Å². The Hall–Kier alpha value is -0.120. The smallest absolute Gasteiger partial charge is 0.0710 e. The molecule has 0 radical (unpaired) electrons. The largest absolute Gasteiger partial charge is 0.371 e. The van der Waals surface area contributed by atoms with Crippen LogP contribution in [-0.2, 0) is 4.74 Å². The first-order chi connectivity index (χ1) is 7.93. The molecule has 0 bridgehead atoms. The number of nitrogens with one attached hydrogen (secondary N) is 1. The van der Waals surface area contributed by atoms with E-state index in [4.69, 9.17) is 4.74 Å². The van der Waals surface area contributed by atoms with Crippen molar-refractivity contribution in [3.63, 3.8) is 0 Å². The van der Waals surface area contributed by atoms with Gasteiger partial charge in [-0.05, 0) is 33.2 Å². The summed E-state index contributed by atoms with van der Waals surface area (Å²) in [6.07, 6.45) is 2.84. The molecule has 0 aromatic heterocycles. The summed E-state index contributed by atoms with van der Waals surface area (Å²) in [5, 5.41) is 3.47. The summed E-state index contributed by atoms with van der Waals surface area (Å²) in [7, 11) is 0. The molecular weight excluding hydrogens is 212 g/mol. The van der Waals surface area contributed by atoms with E-state index in [0.717, 1.165) is 26.2 Å². The lowest BCUT2D eigenvalue weighted by atomic mass is 10.1. The minimum Gasteiger partial charge on any atom is -0.371 e. The number of rotatable bonds is 7. The van der Waals surface area contributed by atoms with Crippen molar-refractivity contribution in [1.29, 1.82) is 0 Å². The van der Waals surface area contributed by atoms with E-state index in [1.807, 2.05) is 0 Å². The van der Waals surface area contributed by atoms with Gasteiger partial charge in [0, 0.05) is 25.7 Å². The molecule has 1 N–H and O–H groups in total. The van der Waals surface area contributed by atoms with Crippen molar-refractivity contribution in [2.75, 3.05) is 26.2 Å². The van der Waals surface area contributed by atoms with E-state index in [1.54, 1.807) is 0 Å². The van der Waals surface area contributed by atoms with Gasteiger partial charge in [-0.15, -0.1) is 0 Å². The molecule has 3 nitrogen and oxygen atoms in total. The molecule has 1 saturated heterocycles. The molecule has 1 aliphatic rings. The van der Waals surface area contributed by atoms with E-state index in [-0.39, 0.29) is 5.60 Å². The Morgan fingerprint density at radius 2 is 2.12 bits per heavy atom. The predicted octanol–water partition coefficient (Wildman–Crippen LogP) is 2.26. The maximum Gasteiger partial charge on any atom is 0.0710 e. The van der Waals surface area contributed by atoms with Gasteiger partial charge in [0.25, 0.3) is 0 Å². The molecule has 102 valence electrons. The highest BCUT2D eigenvalue weighted by Crippen LogP contribution is 2.29. The lowest BCUT2D eigenvalue weighted by Crippen LogP contribution is -2.39. The topological polar surface area (TPSA) is 24.5 Å². The van der Waals surface area contributed by atoms with Crippen LogP contribution in [-0.4, -0.2) is 48.8 Å². The Morgan fingerprint density at radius 3 is 2.59 bits per heavy atom. The minimum absolute atomic E-state index is 0.0975. The van der Waals surface area contributed by atoms with Crippen LogP contribution in [0.1, 0.15) is 47.5 Å². The average Bonchev–Trinajstić information content (AvgIpc) is 2.56. The molecule has 1 aliphatic heterocycles. The summed E-state index contributed by atoms with van der Waals surface area (Å²) in [4.78, 5) is 2.49. The predicted molar refractivity (Wildman–Crippen MR) is 73.4 cm³/mol. The van der Waals surface area contributed by atoms with Crippen molar-refractivity contribution in [3.05, 3.63) is 0 Å². The SMILES string of the molecule is CCN(CCNC(C)C)CC1CCC(C)(C)O1. The van der Waals surface area contributed by atoms with Crippen LogP contribution in [0.25, 0.3) is 0 Å². The quantitative estimate of drug-likeness (QED) is 0.741. The van der Waals surface area contributed by atoms with Gasteiger partial charge in [-0.3, -0.25) is 4.90 Å². The third kappa shape index (κ3) is 5.84. The highest BCUT2D eigenvalue weighted by molar-refractivity contribution is 4.82. The van der Waals surface area contributed by atoms with E-state index < -0.39 is 0 Å². The minimum atomic E-state index is 0.0975. The van der Waals surface area contributed by atoms with Crippen molar-refractivity contribution < 1.29 is 4.74 Å². The fraction of sp³-hybridized carbons (Fsp3) is 1.00. The Labute approximate surface area is 107 Å². The maximum atomic E-state index is 6.05. The molecular formula is C14H30N2O. The van der Waals surface area contributed by atoms with Crippen molar-refractivity contribution >= 4 is 0 Å². The van der Waals surface area contributed by atoms with Gasteiger partial charge in [0.2, 0.25) is 0 Å². The van der Waals surface area contributed by atoms with Crippen molar-refractivity contribution in [2.45, 2.75) is 65.2 Å². The van der Waals surface area contributed by atoms with Gasteiger partial charge in [0.1, 0.15) is 0 Å². The van der Waals surface area contributed by atoms with Gasteiger partial charge in [-0.1, -0.05) is 20.8 Å². The van der Waals surface area contributed by atoms with Crippen LogP contribution in [0.15, 0.2) is 0 Å². The summed E-state index contributed by atoms with van der Waals surface area (Å²) in [5.41, 5.74) is 0.0975. The van der Waals surface area contributed by atoms with E-state index in [9.17, 15) is 0 Å². The summed E-state index contributed by atoms with van der Waals surface area (Å²) in [5.74, 6) is 0. The van der Waals surface area contributed by atoms with Crippen LogP contribution in [0.5, 0.6) is 0 Å². The maximum absolute atomic E-state index is 6.05. The molecule has 1 rings (SSSR count). The molecule has 0 aliphatic carbocycles. The number of likely N-dealkylation sites (N-methyl/N-ethyl adjacent to an activating group) is 1. The van der Waals surface area contributed by atoms with Crippen LogP contribution in [0.3, 0.4) is 0 Å². The first-order valence-electron chi connectivity index (χ1n) is 7.06. The Bertz CT molecular complexity index is 216. The molecule has 0 amide bonds. The van der Waals surface area contributed by atoms with Crippen LogP contribution in [0.4, 0.5) is 0 Å². The zero-order chi connectivity index (χ0) is 12.9. The average molecular weight is 242 g/mol. The lowest BCUT2D eigenvalue weighted by Gasteiger charge is -2.26. The van der Waals surface area contributed by atoms with Gasteiger partial charge in [-0.2, -0.15) is 0 Å². The molecule has 0 spiro atoms. The van der Waals surface area contributed by atoms with Crippen molar-refractivity contribution in [2.24, 2.45) is 0 Å². The number of nitrogens with zero attached hydrogens (tertiary/aromatic N) is 1. The fourth-order valence-electron chi connectivity index (χ4n) is 2.38. The molecule has 3 heteroatoms. The zero-order valence-electron chi connectivity index (χ0n) is 12.3. The van der Waals surface area contributed by atoms with Gasteiger partial charge in [0.05, 0.1) is 11.7 Å². The highest BCUT2D eigenvalue weighted by atomic mass is 16.5. The summed E-state index contributed by atoms with van der Waals surface area (Å²) >= 11 is 0. The lowest BCUT2D eigenvalue weighted by molar-refractivity contribution is -0.0280. The molecule has 0 aromatic carbocycles. The number of hydrogen-bond acceptors (Lipinski definition) is 3. The second kappa shape index (κ2) is 6.72. The third-order valence-electron chi connectivity index (χ3n) is 3.44. The van der Waals surface area contributed by atoms with Gasteiger partial charge >= 0.3 is 0 Å². The molecule has 17 heavy (non-hydrogen) atoms. The highest BCUT2D eigenvalue weighted by Gasteiger charge is 2.32. The van der Waals surface area contributed by atoms with Crippen LogP contribution < -0.4 is 5.32 Å². The zero-order valence-corrected chi connectivity index (χ0v) is 12.3. The molecule has 1 fully saturated rings. The van der Waals surface area contributed by atoms with Gasteiger partial charge in [0.15, 0.2) is 0 Å². The molecule has 1 atom stereocenters. The van der Waals surface area contributed by atoms with Gasteiger partial charge < -0.3 is 10.1 Å². The van der Waals surface area contributed by atoms with Crippen LogP contribution in [0, 0.1) is 0 Å². The molecule has 0 aromatic rings. The number of hydrogen-bond donors (Lipinski definition) is 1. The third-order valence-corrected chi connectivity index (χ3v) is 3.44. The Morgan fingerprint density at radius 1 is 1.41 bits per heavy atom. The van der Waals surface area contributed by atoms with E-state index in [0.29, 0.717) is 12.1 Å². The summed E-state index contributed by atoms with van der Waals surface area (Å²) in [6.45, 7) is 15.4. The summed E-state index contributed by atoms with van der Waals surface area (Å²) in [6, 6.07) is 0.579. The molecule has 1 unspecified atom stereocenters. The second-order valence-electron chi connectivity index (χ2n) is 6.04. The normalized spacial score (nSPS) is 23.8. The van der Waals surface area contributed by atoms with E-state index >= 15 is 0 Å².